The van der Waals surface area contributed by atoms with E-state index in [0.717, 1.165) is 22.6 Å². The van der Waals surface area contributed by atoms with Crippen LogP contribution in [0.4, 0.5) is 17.1 Å². The Balaban J connectivity index is 2.11. The second-order valence-corrected chi connectivity index (χ2v) is 5.13. The maximum Gasteiger partial charge on any atom is 0.244 e. The molecule has 0 fully saturated rings. The number of rotatable bonds is 3. The lowest BCUT2D eigenvalue weighted by Gasteiger charge is -2.33. The van der Waals surface area contributed by atoms with Gasteiger partial charge in [0.25, 0.3) is 0 Å². The minimum Gasteiger partial charge on any atom is -0.388 e. The largest absolute Gasteiger partial charge is 0.388 e. The summed E-state index contributed by atoms with van der Waals surface area (Å²) in [7, 11) is 0. The number of anilines is 3. The molecule has 0 saturated heterocycles. The van der Waals surface area contributed by atoms with Crippen LogP contribution in [0, 0.1) is 0 Å². The van der Waals surface area contributed by atoms with Gasteiger partial charge in [0.15, 0.2) is 0 Å². The Morgan fingerprint density at radius 1 is 1.14 bits per heavy atom. The number of nitrogens with zero attached hydrogens (tertiary/aromatic N) is 1. The first kappa shape index (κ1) is 13.6. The standard InChI is InChI=1S/C17H18N2O2/c1-2-16(20)12-7-3-5-9-14(12)19-11-17(21)18-13-8-4-6-10-15(13)19/h3-10,16,20H,2,11H2,1H3,(H,18,21)/t16-/m1/s1. The zero-order valence-corrected chi connectivity index (χ0v) is 11.9. The zero-order valence-electron chi connectivity index (χ0n) is 11.9. The molecular formula is C17H18N2O2. The Hall–Kier alpha value is -2.33. The van der Waals surface area contributed by atoms with Gasteiger partial charge >= 0.3 is 0 Å². The monoisotopic (exact) mass is 282 g/mol. The van der Waals surface area contributed by atoms with Gasteiger partial charge in [-0.2, -0.15) is 0 Å². The number of hydrogen-bond acceptors (Lipinski definition) is 3. The van der Waals surface area contributed by atoms with Crippen LogP contribution < -0.4 is 10.2 Å². The third-order valence-electron chi connectivity index (χ3n) is 3.74. The lowest BCUT2D eigenvalue weighted by Crippen LogP contribution is -2.35. The predicted molar refractivity (Wildman–Crippen MR) is 83.8 cm³/mol. The third-order valence-corrected chi connectivity index (χ3v) is 3.74. The molecule has 4 nitrogen and oxygen atoms in total. The molecule has 0 radical (unpaired) electrons. The van der Waals surface area contributed by atoms with Gasteiger partial charge in [-0.3, -0.25) is 4.79 Å². The molecule has 1 aliphatic rings. The van der Waals surface area contributed by atoms with Crippen molar-refractivity contribution in [3.05, 3.63) is 54.1 Å². The first-order chi connectivity index (χ1) is 10.2. The van der Waals surface area contributed by atoms with Gasteiger partial charge in [0.1, 0.15) is 6.54 Å². The summed E-state index contributed by atoms with van der Waals surface area (Å²) >= 11 is 0. The Labute approximate surface area is 124 Å². The van der Waals surface area contributed by atoms with Crippen molar-refractivity contribution in [2.24, 2.45) is 0 Å². The fourth-order valence-electron chi connectivity index (χ4n) is 2.68. The lowest BCUT2D eigenvalue weighted by molar-refractivity contribution is -0.115. The summed E-state index contributed by atoms with van der Waals surface area (Å²) in [6.45, 7) is 2.20. The van der Waals surface area contributed by atoms with Crippen LogP contribution in [-0.2, 0) is 4.79 Å². The predicted octanol–water partition coefficient (Wildman–Crippen LogP) is 3.22. The van der Waals surface area contributed by atoms with Gasteiger partial charge in [-0.05, 0) is 24.6 Å². The van der Waals surface area contributed by atoms with Crippen LogP contribution in [0.15, 0.2) is 48.5 Å². The molecule has 2 aromatic rings. The highest BCUT2D eigenvalue weighted by atomic mass is 16.3. The Kier molecular flexibility index (Phi) is 3.62. The smallest absolute Gasteiger partial charge is 0.244 e. The number of carbonyl (C=O) groups is 1. The van der Waals surface area contributed by atoms with Gasteiger partial charge in [-0.1, -0.05) is 37.3 Å². The van der Waals surface area contributed by atoms with Crippen LogP contribution in [0.3, 0.4) is 0 Å². The molecular weight excluding hydrogens is 264 g/mol. The molecule has 1 amide bonds. The quantitative estimate of drug-likeness (QED) is 0.908. The summed E-state index contributed by atoms with van der Waals surface area (Å²) in [6.07, 6.45) is 0.108. The number of para-hydroxylation sites is 3. The van der Waals surface area contributed by atoms with Crippen molar-refractivity contribution in [3.63, 3.8) is 0 Å². The van der Waals surface area contributed by atoms with Crippen LogP contribution in [0.2, 0.25) is 0 Å². The fraction of sp³-hybridized carbons (Fsp3) is 0.235. The molecule has 0 unspecified atom stereocenters. The molecule has 3 rings (SSSR count). The number of carbonyl (C=O) groups excluding carboxylic acids is 1. The van der Waals surface area contributed by atoms with Crippen molar-refractivity contribution in [2.75, 3.05) is 16.8 Å². The highest BCUT2D eigenvalue weighted by molar-refractivity contribution is 6.03. The Bertz CT molecular complexity index is 669. The van der Waals surface area contributed by atoms with Gasteiger partial charge in [0, 0.05) is 11.3 Å². The molecule has 1 heterocycles. The van der Waals surface area contributed by atoms with Gasteiger partial charge < -0.3 is 15.3 Å². The van der Waals surface area contributed by atoms with E-state index < -0.39 is 6.10 Å². The highest BCUT2D eigenvalue weighted by Gasteiger charge is 2.25. The summed E-state index contributed by atoms with van der Waals surface area (Å²) in [4.78, 5) is 13.9. The van der Waals surface area contributed by atoms with E-state index in [1.54, 1.807) is 0 Å². The normalized spacial score (nSPS) is 15.3. The highest BCUT2D eigenvalue weighted by Crippen LogP contribution is 2.38. The van der Waals surface area contributed by atoms with Crippen molar-refractivity contribution < 1.29 is 9.90 Å². The number of aliphatic hydroxyl groups excluding tert-OH is 1. The summed E-state index contributed by atoms with van der Waals surface area (Å²) in [5.41, 5.74) is 3.49. The second-order valence-electron chi connectivity index (χ2n) is 5.13. The first-order valence-electron chi connectivity index (χ1n) is 7.14. The number of hydrogen-bond donors (Lipinski definition) is 2. The van der Waals surface area contributed by atoms with Crippen molar-refractivity contribution in [3.8, 4) is 0 Å². The molecule has 2 N–H and O–H groups in total. The molecule has 0 spiro atoms. The number of benzene rings is 2. The van der Waals surface area contributed by atoms with Gasteiger partial charge in [0.05, 0.1) is 17.5 Å². The van der Waals surface area contributed by atoms with Crippen LogP contribution >= 0.6 is 0 Å². The van der Waals surface area contributed by atoms with E-state index >= 15 is 0 Å². The Morgan fingerprint density at radius 3 is 2.57 bits per heavy atom. The molecule has 21 heavy (non-hydrogen) atoms. The van der Waals surface area contributed by atoms with Gasteiger partial charge in [-0.25, -0.2) is 0 Å². The number of amides is 1. The van der Waals surface area contributed by atoms with Crippen LogP contribution in [0.25, 0.3) is 0 Å². The van der Waals surface area contributed by atoms with E-state index in [9.17, 15) is 9.90 Å². The summed E-state index contributed by atoms with van der Waals surface area (Å²) in [6, 6.07) is 15.4. The second kappa shape index (κ2) is 5.58. The summed E-state index contributed by atoms with van der Waals surface area (Å²) in [5.74, 6) is -0.0468. The minimum absolute atomic E-state index is 0.0468. The summed E-state index contributed by atoms with van der Waals surface area (Å²) < 4.78 is 0. The van der Waals surface area contributed by atoms with Crippen LogP contribution in [0.5, 0.6) is 0 Å². The van der Waals surface area contributed by atoms with Crippen molar-refractivity contribution >= 4 is 23.0 Å². The molecule has 1 atom stereocenters. The average Bonchev–Trinajstić information content (AvgIpc) is 2.53. The van der Waals surface area contributed by atoms with E-state index in [-0.39, 0.29) is 12.5 Å². The van der Waals surface area contributed by atoms with Gasteiger partial charge in [0.2, 0.25) is 5.91 Å². The maximum absolute atomic E-state index is 11.9. The topological polar surface area (TPSA) is 52.6 Å². The molecule has 2 aromatic carbocycles. The molecule has 1 aliphatic heterocycles. The third kappa shape index (κ3) is 2.50. The molecule has 4 heteroatoms. The van der Waals surface area contributed by atoms with Gasteiger partial charge in [-0.15, -0.1) is 0 Å². The van der Waals surface area contributed by atoms with E-state index in [1.165, 1.54) is 0 Å². The zero-order chi connectivity index (χ0) is 14.8. The molecule has 108 valence electrons. The summed E-state index contributed by atoms with van der Waals surface area (Å²) in [5, 5.41) is 13.1. The number of nitrogens with one attached hydrogen (secondary N) is 1. The van der Waals surface area contributed by atoms with Crippen LogP contribution in [0.1, 0.15) is 25.0 Å². The lowest BCUT2D eigenvalue weighted by atomic mass is 10.0. The van der Waals surface area contributed by atoms with E-state index in [0.29, 0.717) is 6.42 Å². The van der Waals surface area contributed by atoms with E-state index in [1.807, 2.05) is 60.4 Å². The SMILES string of the molecule is CC[C@@H](O)c1ccccc1N1CC(=O)Nc2ccccc21. The number of fused-ring (bicyclic) bond motifs is 1. The van der Waals surface area contributed by atoms with Crippen molar-refractivity contribution in [1.29, 1.82) is 0 Å². The molecule has 0 bridgehead atoms. The first-order valence-corrected chi connectivity index (χ1v) is 7.14. The number of aliphatic hydroxyl groups is 1. The molecule has 0 aromatic heterocycles. The average molecular weight is 282 g/mol. The Morgan fingerprint density at radius 2 is 1.81 bits per heavy atom. The fourth-order valence-corrected chi connectivity index (χ4v) is 2.68. The minimum atomic E-state index is -0.529. The maximum atomic E-state index is 11.9. The van der Waals surface area contributed by atoms with Crippen LogP contribution in [-0.4, -0.2) is 17.6 Å². The van der Waals surface area contributed by atoms with Crippen molar-refractivity contribution in [2.45, 2.75) is 19.4 Å². The molecule has 0 aliphatic carbocycles. The molecule has 0 saturated carbocycles. The van der Waals surface area contributed by atoms with Crippen molar-refractivity contribution in [1.82, 2.24) is 0 Å². The van der Waals surface area contributed by atoms with E-state index in [4.69, 9.17) is 0 Å². The van der Waals surface area contributed by atoms with E-state index in [2.05, 4.69) is 5.32 Å².